The van der Waals surface area contributed by atoms with Crippen LogP contribution in [0.2, 0.25) is 13.7 Å². The highest BCUT2D eigenvalue weighted by atomic mass is 79.9. The van der Waals surface area contributed by atoms with Crippen LogP contribution in [0, 0.1) is 0 Å². The Balaban J connectivity index is 2.36. The third kappa shape index (κ3) is 3.56. The van der Waals surface area contributed by atoms with E-state index in [1.54, 1.807) is 18.2 Å². The Morgan fingerprint density at radius 2 is 1.84 bits per heavy atom. The summed E-state index contributed by atoms with van der Waals surface area (Å²) < 4.78 is 27.7. The third-order valence-corrected chi connectivity index (χ3v) is 6.43. The molecule has 2 rings (SSSR count). The second-order valence-electron chi connectivity index (χ2n) is 3.42. The molecule has 1 aromatic carbocycles. The summed E-state index contributed by atoms with van der Waals surface area (Å²) in [5.74, 6) is 0. The van der Waals surface area contributed by atoms with E-state index in [1.807, 2.05) is 0 Å². The maximum Gasteiger partial charge on any atom is 0.264 e. The van der Waals surface area contributed by atoms with Crippen molar-refractivity contribution >= 4 is 77.8 Å². The van der Waals surface area contributed by atoms with E-state index in [9.17, 15) is 8.42 Å². The molecule has 9 heteroatoms. The predicted octanol–water partition coefficient (Wildman–Crippen LogP) is 5.27. The van der Waals surface area contributed by atoms with Crippen molar-refractivity contribution in [2.24, 2.45) is 0 Å². The Hall–Kier alpha value is 0.0200. The minimum Gasteiger partial charge on any atom is -0.280 e. The lowest BCUT2D eigenvalue weighted by atomic mass is 10.3. The zero-order valence-electron chi connectivity index (χ0n) is 8.95. The molecule has 0 radical (unpaired) electrons. The maximum atomic E-state index is 12.1. The van der Waals surface area contributed by atoms with Gasteiger partial charge in [0.2, 0.25) is 0 Å². The molecule has 0 fully saturated rings. The molecule has 3 nitrogen and oxygen atoms in total. The van der Waals surface area contributed by atoms with Gasteiger partial charge >= 0.3 is 0 Å². The van der Waals surface area contributed by atoms with Crippen molar-refractivity contribution in [3.63, 3.8) is 0 Å². The van der Waals surface area contributed by atoms with E-state index < -0.39 is 10.0 Å². The van der Waals surface area contributed by atoms with Gasteiger partial charge in [0.05, 0.1) is 15.0 Å². The van der Waals surface area contributed by atoms with Crippen molar-refractivity contribution < 1.29 is 8.42 Å². The summed E-state index contributed by atoms with van der Waals surface area (Å²) in [5.41, 5.74) is 0.370. The first-order valence-corrected chi connectivity index (χ1v) is 8.95. The summed E-state index contributed by atoms with van der Waals surface area (Å²) in [5, 5.41) is 0.486. The first kappa shape index (κ1) is 15.4. The Bertz CT molecular complexity index is 730. The number of thiophene rings is 1. The van der Waals surface area contributed by atoms with Crippen LogP contribution in [0.4, 0.5) is 5.69 Å². The van der Waals surface area contributed by atoms with Crippen molar-refractivity contribution in [1.29, 1.82) is 0 Å². The van der Waals surface area contributed by atoms with Gasteiger partial charge in [-0.3, -0.25) is 4.72 Å². The molecular weight excluding hydrogens is 417 g/mol. The van der Waals surface area contributed by atoms with Crippen molar-refractivity contribution in [3.8, 4) is 0 Å². The second kappa shape index (κ2) is 5.79. The smallest absolute Gasteiger partial charge is 0.264 e. The SMILES string of the molecule is O=S(=O)(Nc1ccc(Cl)c(Br)c1)c1cc(Cl)sc1Cl. The minimum atomic E-state index is -3.77. The zero-order valence-corrected chi connectivity index (χ0v) is 14.4. The number of sulfonamides is 1. The monoisotopic (exact) mass is 419 g/mol. The van der Waals surface area contributed by atoms with Gasteiger partial charge in [-0.25, -0.2) is 8.42 Å². The van der Waals surface area contributed by atoms with Crippen LogP contribution in [0.1, 0.15) is 0 Å². The molecule has 0 aliphatic rings. The van der Waals surface area contributed by atoms with Crippen LogP contribution in [0.3, 0.4) is 0 Å². The van der Waals surface area contributed by atoms with Crippen LogP contribution < -0.4 is 4.72 Å². The van der Waals surface area contributed by atoms with E-state index in [2.05, 4.69) is 20.7 Å². The molecule has 0 saturated heterocycles. The quantitative estimate of drug-likeness (QED) is 0.734. The zero-order chi connectivity index (χ0) is 14.2. The topological polar surface area (TPSA) is 46.2 Å². The van der Waals surface area contributed by atoms with Crippen LogP contribution in [0.5, 0.6) is 0 Å². The molecule has 0 unspecified atom stereocenters. The number of hydrogen-bond acceptors (Lipinski definition) is 3. The van der Waals surface area contributed by atoms with Gasteiger partial charge in [0.1, 0.15) is 9.23 Å². The highest BCUT2D eigenvalue weighted by Gasteiger charge is 2.21. The van der Waals surface area contributed by atoms with Crippen LogP contribution in [0.15, 0.2) is 33.6 Å². The average Bonchev–Trinajstić information content (AvgIpc) is 2.63. The Morgan fingerprint density at radius 1 is 1.16 bits per heavy atom. The second-order valence-corrected chi connectivity index (χ2v) is 8.62. The minimum absolute atomic E-state index is 0.0461. The molecule has 1 heterocycles. The largest absolute Gasteiger partial charge is 0.280 e. The van der Waals surface area contributed by atoms with E-state index in [-0.39, 0.29) is 9.23 Å². The molecule has 19 heavy (non-hydrogen) atoms. The molecule has 2 aromatic rings. The van der Waals surface area contributed by atoms with Crippen molar-refractivity contribution in [1.82, 2.24) is 0 Å². The summed E-state index contributed by atoms with van der Waals surface area (Å²) in [7, 11) is -3.77. The van der Waals surface area contributed by atoms with Crippen LogP contribution in [0.25, 0.3) is 0 Å². The van der Waals surface area contributed by atoms with Crippen molar-refractivity contribution in [2.75, 3.05) is 4.72 Å². The number of hydrogen-bond donors (Lipinski definition) is 1. The lowest BCUT2D eigenvalue weighted by Crippen LogP contribution is -2.12. The van der Waals surface area contributed by atoms with Gasteiger partial charge in [-0.1, -0.05) is 34.8 Å². The van der Waals surface area contributed by atoms with Gasteiger partial charge in [-0.2, -0.15) is 0 Å². The van der Waals surface area contributed by atoms with Crippen LogP contribution in [-0.2, 0) is 10.0 Å². The summed E-state index contributed by atoms with van der Waals surface area (Å²) >= 11 is 21.6. The normalized spacial score (nSPS) is 11.6. The number of halogens is 4. The summed E-state index contributed by atoms with van der Waals surface area (Å²) in [6, 6.07) is 5.99. The number of anilines is 1. The number of nitrogens with one attached hydrogen (secondary N) is 1. The molecule has 1 aromatic heterocycles. The van der Waals surface area contributed by atoms with E-state index >= 15 is 0 Å². The van der Waals surface area contributed by atoms with Crippen molar-refractivity contribution in [2.45, 2.75) is 4.90 Å². The first-order valence-electron chi connectivity index (χ1n) is 4.72. The molecule has 0 amide bonds. The van der Waals surface area contributed by atoms with E-state index in [1.165, 1.54) is 6.07 Å². The fraction of sp³-hybridized carbons (Fsp3) is 0. The number of rotatable bonds is 3. The van der Waals surface area contributed by atoms with Crippen molar-refractivity contribution in [3.05, 3.63) is 42.4 Å². The molecule has 0 aliphatic carbocycles. The Labute approximate surface area is 137 Å². The van der Waals surface area contributed by atoms with Crippen LogP contribution >= 0.6 is 62.1 Å². The standard InChI is InChI=1S/C10H5BrCl3NO2S2/c11-6-3-5(1-2-7(6)12)15-19(16,17)8-4-9(13)18-10(8)14/h1-4,15H. The molecule has 0 atom stereocenters. The molecule has 102 valence electrons. The molecule has 0 spiro atoms. The molecule has 0 bridgehead atoms. The van der Waals surface area contributed by atoms with Gasteiger partial charge in [0.25, 0.3) is 10.0 Å². The average molecular weight is 422 g/mol. The van der Waals surface area contributed by atoms with E-state index in [4.69, 9.17) is 34.8 Å². The van der Waals surface area contributed by atoms with Gasteiger partial charge in [0.15, 0.2) is 0 Å². The lowest BCUT2D eigenvalue weighted by Gasteiger charge is -2.08. The Kier molecular flexibility index (Phi) is 4.70. The van der Waals surface area contributed by atoms with E-state index in [0.29, 0.717) is 19.5 Å². The molecular formula is C10H5BrCl3NO2S2. The lowest BCUT2D eigenvalue weighted by molar-refractivity contribution is 0.601. The predicted molar refractivity (Wildman–Crippen MR) is 84.3 cm³/mol. The highest BCUT2D eigenvalue weighted by Crippen LogP contribution is 2.35. The fourth-order valence-corrected chi connectivity index (χ4v) is 4.97. The van der Waals surface area contributed by atoms with Gasteiger partial charge in [-0.15, -0.1) is 11.3 Å². The fourth-order valence-electron chi connectivity index (χ4n) is 1.28. The van der Waals surface area contributed by atoms with Gasteiger partial charge in [0, 0.05) is 4.47 Å². The third-order valence-electron chi connectivity index (χ3n) is 2.09. The molecule has 0 saturated carbocycles. The van der Waals surface area contributed by atoms with Crippen LogP contribution in [-0.4, -0.2) is 8.42 Å². The Morgan fingerprint density at radius 3 is 2.37 bits per heavy atom. The number of benzene rings is 1. The summed E-state index contributed by atoms with van der Waals surface area (Å²) in [6.07, 6.45) is 0. The summed E-state index contributed by atoms with van der Waals surface area (Å²) in [4.78, 5) is -0.0461. The summed E-state index contributed by atoms with van der Waals surface area (Å²) in [6.45, 7) is 0. The van der Waals surface area contributed by atoms with Gasteiger partial charge < -0.3 is 0 Å². The highest BCUT2D eigenvalue weighted by molar-refractivity contribution is 9.10. The van der Waals surface area contributed by atoms with E-state index in [0.717, 1.165) is 11.3 Å². The van der Waals surface area contributed by atoms with Gasteiger partial charge in [-0.05, 0) is 40.2 Å². The molecule has 1 N–H and O–H groups in total. The molecule has 0 aliphatic heterocycles. The maximum absolute atomic E-state index is 12.1. The first-order chi connectivity index (χ1) is 8.79.